The van der Waals surface area contributed by atoms with Crippen molar-refractivity contribution in [1.82, 2.24) is 19.4 Å². The minimum Gasteiger partial charge on any atom is -0.327 e. The van der Waals surface area contributed by atoms with E-state index in [0.29, 0.717) is 11.4 Å². The van der Waals surface area contributed by atoms with Gasteiger partial charge >= 0.3 is 6.03 Å². The smallest absolute Gasteiger partial charge is 0.322 e. The number of urea groups is 1. The molecule has 0 saturated carbocycles. The van der Waals surface area contributed by atoms with Crippen LogP contribution in [-0.4, -0.2) is 27.2 Å². The number of amides is 3. The number of hydrogen-bond acceptors (Lipinski definition) is 6. The van der Waals surface area contributed by atoms with Crippen molar-refractivity contribution in [1.29, 1.82) is 0 Å². The Labute approximate surface area is 89.4 Å². The standard InChI is InChI=1S/C7H9N5O2S/c1-3-4(12-15-11-3)7(2-8)5(13)9-6(14)10-7/h2,8H2,1H3,(H2,9,10,13,14). The highest BCUT2D eigenvalue weighted by molar-refractivity contribution is 6.99. The van der Waals surface area contributed by atoms with Gasteiger partial charge in [0.15, 0.2) is 5.54 Å². The Morgan fingerprint density at radius 2 is 2.20 bits per heavy atom. The van der Waals surface area contributed by atoms with Gasteiger partial charge < -0.3 is 11.1 Å². The monoisotopic (exact) mass is 227 g/mol. The van der Waals surface area contributed by atoms with Crippen LogP contribution >= 0.6 is 11.7 Å². The van der Waals surface area contributed by atoms with E-state index in [1.165, 1.54) is 0 Å². The first kappa shape index (κ1) is 9.99. The summed E-state index contributed by atoms with van der Waals surface area (Å²) < 4.78 is 7.96. The van der Waals surface area contributed by atoms with Gasteiger partial charge in [-0.05, 0) is 6.92 Å². The molecule has 8 heteroatoms. The lowest BCUT2D eigenvalue weighted by molar-refractivity contribution is -0.124. The van der Waals surface area contributed by atoms with E-state index in [4.69, 9.17) is 5.73 Å². The number of aryl methyl sites for hydroxylation is 1. The number of imide groups is 1. The number of hydrogen-bond donors (Lipinski definition) is 3. The molecule has 1 aromatic heterocycles. The summed E-state index contributed by atoms with van der Waals surface area (Å²) in [6.45, 7) is 1.67. The third kappa shape index (κ3) is 1.29. The summed E-state index contributed by atoms with van der Waals surface area (Å²) in [7, 11) is 0. The number of aromatic nitrogens is 2. The molecule has 7 nitrogen and oxygen atoms in total. The normalized spacial score (nSPS) is 25.2. The van der Waals surface area contributed by atoms with Gasteiger partial charge in [-0.1, -0.05) is 0 Å². The maximum Gasteiger partial charge on any atom is 0.322 e. The molecule has 1 fully saturated rings. The Hall–Kier alpha value is -1.54. The number of carbonyl (C=O) groups excluding carboxylic acids is 2. The van der Waals surface area contributed by atoms with E-state index in [2.05, 4.69) is 19.4 Å². The summed E-state index contributed by atoms with van der Waals surface area (Å²) in [5.41, 5.74) is 5.30. The first-order valence-corrected chi connectivity index (χ1v) is 4.96. The van der Waals surface area contributed by atoms with E-state index >= 15 is 0 Å². The average molecular weight is 227 g/mol. The zero-order valence-electron chi connectivity index (χ0n) is 7.90. The Balaban J connectivity index is 2.51. The van der Waals surface area contributed by atoms with E-state index < -0.39 is 17.5 Å². The van der Waals surface area contributed by atoms with Gasteiger partial charge in [0.1, 0.15) is 5.69 Å². The molecule has 1 saturated heterocycles. The van der Waals surface area contributed by atoms with Gasteiger partial charge in [-0.2, -0.15) is 8.75 Å². The van der Waals surface area contributed by atoms with Crippen LogP contribution in [0, 0.1) is 6.92 Å². The summed E-state index contributed by atoms with van der Waals surface area (Å²) in [5, 5.41) is 4.63. The van der Waals surface area contributed by atoms with E-state index in [9.17, 15) is 9.59 Å². The summed E-state index contributed by atoms with van der Waals surface area (Å²) >= 11 is 0.983. The molecule has 1 aliphatic heterocycles. The van der Waals surface area contributed by atoms with Crippen LogP contribution in [0.15, 0.2) is 0 Å². The molecule has 1 unspecified atom stereocenters. The Bertz CT molecular complexity index is 431. The van der Waals surface area contributed by atoms with Crippen LogP contribution in [0.2, 0.25) is 0 Å². The van der Waals surface area contributed by atoms with E-state index in [1.807, 2.05) is 0 Å². The number of rotatable bonds is 2. The zero-order chi connectivity index (χ0) is 11.1. The number of nitrogens with zero attached hydrogens (tertiary/aromatic N) is 2. The molecule has 1 aliphatic rings. The number of carbonyl (C=O) groups is 2. The van der Waals surface area contributed by atoms with Gasteiger partial charge in [-0.25, -0.2) is 4.79 Å². The Morgan fingerprint density at radius 1 is 1.47 bits per heavy atom. The summed E-state index contributed by atoms with van der Waals surface area (Å²) in [6.07, 6.45) is 0. The molecule has 15 heavy (non-hydrogen) atoms. The van der Waals surface area contributed by atoms with E-state index in [1.54, 1.807) is 6.92 Å². The first-order chi connectivity index (χ1) is 7.10. The van der Waals surface area contributed by atoms with Crippen LogP contribution in [0.4, 0.5) is 4.79 Å². The molecule has 0 aromatic carbocycles. The number of nitrogens with two attached hydrogens (primary N) is 1. The predicted octanol–water partition coefficient (Wildman–Crippen LogP) is -1.16. The third-order valence-electron chi connectivity index (χ3n) is 2.30. The lowest BCUT2D eigenvalue weighted by Gasteiger charge is -2.21. The molecule has 3 amide bonds. The van der Waals surface area contributed by atoms with Crippen molar-refractivity contribution in [3.63, 3.8) is 0 Å². The minimum absolute atomic E-state index is 0.0448. The van der Waals surface area contributed by atoms with Crippen molar-refractivity contribution in [2.75, 3.05) is 6.54 Å². The molecular weight excluding hydrogens is 218 g/mol. The molecule has 0 aliphatic carbocycles. The van der Waals surface area contributed by atoms with Gasteiger partial charge in [0.25, 0.3) is 5.91 Å². The Morgan fingerprint density at radius 3 is 2.60 bits per heavy atom. The molecule has 80 valence electrons. The molecule has 4 N–H and O–H groups in total. The van der Waals surface area contributed by atoms with Crippen molar-refractivity contribution in [2.24, 2.45) is 5.73 Å². The first-order valence-electron chi connectivity index (χ1n) is 4.23. The molecule has 1 aromatic rings. The molecular formula is C7H9N5O2S. The van der Waals surface area contributed by atoms with E-state index in [-0.39, 0.29) is 6.54 Å². The van der Waals surface area contributed by atoms with Crippen LogP contribution in [0.25, 0.3) is 0 Å². The van der Waals surface area contributed by atoms with Gasteiger partial charge in [0, 0.05) is 6.54 Å². The average Bonchev–Trinajstić information content (AvgIpc) is 2.71. The van der Waals surface area contributed by atoms with Crippen LogP contribution in [0.3, 0.4) is 0 Å². The van der Waals surface area contributed by atoms with Crippen LogP contribution < -0.4 is 16.4 Å². The van der Waals surface area contributed by atoms with Crippen molar-refractivity contribution in [2.45, 2.75) is 12.5 Å². The maximum atomic E-state index is 11.7. The number of nitrogens with one attached hydrogen (secondary N) is 2. The van der Waals surface area contributed by atoms with Gasteiger partial charge in [0.2, 0.25) is 0 Å². The lowest BCUT2D eigenvalue weighted by atomic mass is 9.94. The summed E-state index contributed by atoms with van der Waals surface area (Å²) in [6, 6.07) is -0.558. The van der Waals surface area contributed by atoms with Crippen molar-refractivity contribution in [3.05, 3.63) is 11.4 Å². The fraction of sp³-hybridized carbons (Fsp3) is 0.429. The fourth-order valence-electron chi connectivity index (χ4n) is 1.52. The quantitative estimate of drug-likeness (QED) is 0.552. The molecule has 0 radical (unpaired) electrons. The second-order valence-electron chi connectivity index (χ2n) is 3.22. The molecule has 0 bridgehead atoms. The molecule has 2 rings (SSSR count). The fourth-order valence-corrected chi connectivity index (χ4v) is 2.14. The van der Waals surface area contributed by atoms with Crippen LogP contribution in [0.1, 0.15) is 11.4 Å². The Kier molecular flexibility index (Phi) is 2.16. The summed E-state index contributed by atoms with van der Waals surface area (Å²) in [4.78, 5) is 22.7. The molecule has 2 heterocycles. The van der Waals surface area contributed by atoms with Gasteiger partial charge in [-0.15, -0.1) is 0 Å². The second-order valence-corrected chi connectivity index (χ2v) is 3.74. The van der Waals surface area contributed by atoms with Gasteiger partial charge in [0.05, 0.1) is 17.4 Å². The summed E-state index contributed by atoms with van der Waals surface area (Å²) in [5.74, 6) is -0.481. The van der Waals surface area contributed by atoms with E-state index in [0.717, 1.165) is 11.7 Å². The van der Waals surface area contributed by atoms with Crippen LogP contribution in [0.5, 0.6) is 0 Å². The highest BCUT2D eigenvalue weighted by Gasteiger charge is 2.49. The second kappa shape index (κ2) is 3.24. The lowest BCUT2D eigenvalue weighted by Crippen LogP contribution is -2.50. The van der Waals surface area contributed by atoms with Gasteiger partial charge in [-0.3, -0.25) is 10.1 Å². The minimum atomic E-state index is -1.26. The highest BCUT2D eigenvalue weighted by Crippen LogP contribution is 2.24. The van der Waals surface area contributed by atoms with Crippen molar-refractivity contribution >= 4 is 23.7 Å². The topological polar surface area (TPSA) is 110 Å². The van der Waals surface area contributed by atoms with Crippen molar-refractivity contribution in [3.8, 4) is 0 Å². The third-order valence-corrected chi connectivity index (χ3v) is 2.92. The maximum absolute atomic E-state index is 11.7. The predicted molar refractivity (Wildman–Crippen MR) is 52.1 cm³/mol. The molecule has 0 spiro atoms. The van der Waals surface area contributed by atoms with Crippen molar-refractivity contribution < 1.29 is 9.59 Å². The highest BCUT2D eigenvalue weighted by atomic mass is 32.1. The molecule has 1 atom stereocenters. The van der Waals surface area contributed by atoms with Crippen LogP contribution in [-0.2, 0) is 10.3 Å². The zero-order valence-corrected chi connectivity index (χ0v) is 8.72. The largest absolute Gasteiger partial charge is 0.327 e. The SMILES string of the molecule is Cc1nsnc1C1(CN)NC(=O)NC1=O.